The van der Waals surface area contributed by atoms with E-state index in [9.17, 15) is 4.79 Å². The highest BCUT2D eigenvalue weighted by atomic mass is 16.8. The maximum Gasteiger partial charge on any atom is 0.431 e. The van der Waals surface area contributed by atoms with Crippen molar-refractivity contribution in [3.8, 4) is 0 Å². The van der Waals surface area contributed by atoms with Crippen molar-refractivity contribution in [2.24, 2.45) is 10.8 Å². The van der Waals surface area contributed by atoms with Gasteiger partial charge in [0.05, 0.1) is 12.7 Å². The summed E-state index contributed by atoms with van der Waals surface area (Å²) in [6.07, 6.45) is -0.970. The molecular formula is C12H14N4O3. The number of primary amides is 1. The van der Waals surface area contributed by atoms with E-state index in [1.807, 2.05) is 37.3 Å². The van der Waals surface area contributed by atoms with E-state index in [-0.39, 0.29) is 0 Å². The van der Waals surface area contributed by atoms with Crippen LogP contribution in [0.5, 0.6) is 0 Å². The van der Waals surface area contributed by atoms with Crippen molar-refractivity contribution in [1.29, 1.82) is 0 Å². The lowest BCUT2D eigenvalue weighted by molar-refractivity contribution is -0.131. The van der Waals surface area contributed by atoms with Gasteiger partial charge in [-0.2, -0.15) is 0 Å². The van der Waals surface area contributed by atoms with E-state index in [1.165, 1.54) is 7.11 Å². The monoisotopic (exact) mass is 262 g/mol. The molecule has 1 aromatic rings. The molecule has 0 unspecified atom stereocenters. The molecular weight excluding hydrogens is 248 g/mol. The summed E-state index contributed by atoms with van der Waals surface area (Å²) in [6.45, 7) is 1.81. The van der Waals surface area contributed by atoms with Crippen LogP contribution in [0, 0.1) is 0 Å². The summed E-state index contributed by atoms with van der Waals surface area (Å²) in [5.74, 6) is 0.323. The molecule has 0 atom stereocenters. The Morgan fingerprint density at radius 2 is 2.05 bits per heavy atom. The van der Waals surface area contributed by atoms with Crippen molar-refractivity contribution in [3.05, 3.63) is 41.6 Å². The van der Waals surface area contributed by atoms with Crippen LogP contribution in [-0.2, 0) is 9.57 Å². The lowest BCUT2D eigenvalue weighted by Gasteiger charge is -2.26. The van der Waals surface area contributed by atoms with Crippen LogP contribution < -0.4 is 11.2 Å². The molecule has 1 aliphatic heterocycles. The molecule has 0 fully saturated rings. The first-order valence-electron chi connectivity index (χ1n) is 5.55. The van der Waals surface area contributed by atoms with Crippen molar-refractivity contribution in [3.63, 3.8) is 0 Å². The molecule has 0 bridgehead atoms. The summed E-state index contributed by atoms with van der Waals surface area (Å²) >= 11 is 0. The van der Waals surface area contributed by atoms with Gasteiger partial charge in [-0.15, -0.1) is 0 Å². The standard InChI is InChI=1S/C12H14N4O3/c1-8-10(9-6-4-3-5-7-9)11(18-2)15-16(14-8)19-12(13)17/h3-7,14H,1-2H3,(H2,13,17). The smallest absolute Gasteiger partial charge is 0.431 e. The average molecular weight is 262 g/mol. The molecule has 1 aliphatic rings. The van der Waals surface area contributed by atoms with Crippen LogP contribution in [0.1, 0.15) is 12.5 Å². The highest BCUT2D eigenvalue weighted by Crippen LogP contribution is 2.23. The maximum atomic E-state index is 10.7. The van der Waals surface area contributed by atoms with Crippen LogP contribution in [0.25, 0.3) is 5.57 Å². The Hall–Kier alpha value is -2.70. The van der Waals surface area contributed by atoms with Crippen LogP contribution >= 0.6 is 0 Å². The van der Waals surface area contributed by atoms with Gasteiger partial charge in [-0.25, -0.2) is 4.79 Å². The van der Waals surface area contributed by atoms with E-state index in [4.69, 9.17) is 10.5 Å². The quantitative estimate of drug-likeness (QED) is 0.836. The zero-order valence-electron chi connectivity index (χ0n) is 10.6. The number of hydrazone groups is 1. The Morgan fingerprint density at radius 3 is 2.63 bits per heavy atom. The first kappa shape index (κ1) is 12.7. The molecule has 7 heteroatoms. The number of carbonyl (C=O) groups is 1. The summed E-state index contributed by atoms with van der Waals surface area (Å²) in [4.78, 5) is 15.4. The predicted molar refractivity (Wildman–Crippen MR) is 69.1 cm³/mol. The van der Waals surface area contributed by atoms with Crippen molar-refractivity contribution >= 4 is 17.6 Å². The van der Waals surface area contributed by atoms with Gasteiger partial charge in [-0.05, 0) is 17.8 Å². The van der Waals surface area contributed by atoms with E-state index < -0.39 is 6.09 Å². The molecule has 7 nitrogen and oxygen atoms in total. The third-order valence-electron chi connectivity index (χ3n) is 2.47. The van der Waals surface area contributed by atoms with Crippen LogP contribution in [0.15, 0.2) is 41.1 Å². The van der Waals surface area contributed by atoms with Crippen LogP contribution in [0.3, 0.4) is 0 Å². The highest BCUT2D eigenvalue weighted by molar-refractivity contribution is 6.20. The molecule has 1 amide bonds. The van der Waals surface area contributed by atoms with Gasteiger partial charge in [0.2, 0.25) is 5.90 Å². The second-order valence-electron chi connectivity index (χ2n) is 3.77. The number of benzene rings is 1. The lowest BCUT2D eigenvalue weighted by atomic mass is 10.0. The first-order chi connectivity index (χ1) is 9.11. The number of methoxy groups -OCH3 is 1. The zero-order chi connectivity index (χ0) is 13.8. The predicted octanol–water partition coefficient (Wildman–Crippen LogP) is 1.21. The molecule has 2 rings (SSSR count). The van der Waals surface area contributed by atoms with E-state index in [0.29, 0.717) is 5.90 Å². The average Bonchev–Trinajstić information content (AvgIpc) is 2.38. The fraction of sp³-hybridized carbons (Fsp3) is 0.167. The summed E-state index contributed by atoms with van der Waals surface area (Å²) in [5.41, 5.74) is 10.2. The molecule has 0 radical (unpaired) electrons. The van der Waals surface area contributed by atoms with Crippen molar-refractivity contribution < 1.29 is 14.4 Å². The first-order valence-corrected chi connectivity index (χ1v) is 5.55. The van der Waals surface area contributed by atoms with Gasteiger partial charge in [0.25, 0.3) is 0 Å². The molecule has 1 heterocycles. The third-order valence-corrected chi connectivity index (χ3v) is 2.47. The van der Waals surface area contributed by atoms with Gasteiger partial charge in [0.1, 0.15) is 0 Å². The van der Waals surface area contributed by atoms with Gasteiger partial charge in [-0.3, -0.25) is 10.3 Å². The maximum absolute atomic E-state index is 10.7. The Kier molecular flexibility index (Phi) is 3.56. The topological polar surface area (TPSA) is 89.2 Å². The summed E-state index contributed by atoms with van der Waals surface area (Å²) in [6, 6.07) is 9.60. The number of ether oxygens (including phenoxy) is 1. The molecule has 0 aliphatic carbocycles. The summed E-state index contributed by atoms with van der Waals surface area (Å²) in [7, 11) is 1.49. The lowest BCUT2D eigenvalue weighted by Crippen LogP contribution is -2.41. The highest BCUT2D eigenvalue weighted by Gasteiger charge is 2.23. The number of rotatable bonds is 2. The Morgan fingerprint density at radius 1 is 1.37 bits per heavy atom. The van der Waals surface area contributed by atoms with Crippen molar-refractivity contribution in [2.75, 3.05) is 7.11 Å². The fourth-order valence-electron chi connectivity index (χ4n) is 1.73. The molecule has 0 saturated carbocycles. The molecule has 19 heavy (non-hydrogen) atoms. The van der Waals surface area contributed by atoms with Crippen molar-refractivity contribution in [2.45, 2.75) is 6.92 Å². The van der Waals surface area contributed by atoms with Crippen LogP contribution in [0.4, 0.5) is 4.79 Å². The molecule has 1 aromatic carbocycles. The van der Waals surface area contributed by atoms with Gasteiger partial charge in [-0.1, -0.05) is 35.4 Å². The second kappa shape index (κ2) is 5.30. The largest absolute Gasteiger partial charge is 0.479 e. The van der Waals surface area contributed by atoms with E-state index in [0.717, 1.165) is 22.1 Å². The zero-order valence-corrected chi connectivity index (χ0v) is 10.6. The minimum absolute atomic E-state index is 0.323. The minimum Gasteiger partial charge on any atom is -0.479 e. The molecule has 100 valence electrons. The third kappa shape index (κ3) is 2.76. The number of carbonyl (C=O) groups excluding carboxylic acids is 1. The van der Waals surface area contributed by atoms with Gasteiger partial charge in [0, 0.05) is 5.70 Å². The van der Waals surface area contributed by atoms with E-state index in [2.05, 4.69) is 15.4 Å². The number of hydrazine groups is 1. The Bertz CT molecular complexity index is 539. The molecule has 0 spiro atoms. The SMILES string of the molecule is COC1=NN(OC(N)=O)NC(C)=C1c1ccccc1. The number of nitrogens with two attached hydrogens (primary N) is 1. The molecule has 3 N–H and O–H groups in total. The number of nitrogens with one attached hydrogen (secondary N) is 1. The van der Waals surface area contributed by atoms with Crippen LogP contribution in [0.2, 0.25) is 0 Å². The molecule has 0 saturated heterocycles. The van der Waals surface area contributed by atoms with Gasteiger partial charge < -0.3 is 10.5 Å². The summed E-state index contributed by atoms with van der Waals surface area (Å²) in [5, 5.41) is 4.85. The van der Waals surface area contributed by atoms with Gasteiger partial charge >= 0.3 is 6.09 Å². The number of hydrogen-bond acceptors (Lipinski definition) is 6. The van der Waals surface area contributed by atoms with E-state index in [1.54, 1.807) is 0 Å². The number of allylic oxidation sites excluding steroid dienone is 1. The Balaban J connectivity index is 2.34. The number of amides is 1. The van der Waals surface area contributed by atoms with E-state index >= 15 is 0 Å². The van der Waals surface area contributed by atoms with Crippen LogP contribution in [-0.4, -0.2) is 24.4 Å². The van der Waals surface area contributed by atoms with Crippen molar-refractivity contribution in [1.82, 2.24) is 10.7 Å². The minimum atomic E-state index is -0.970. The molecule has 0 aromatic heterocycles. The summed E-state index contributed by atoms with van der Waals surface area (Å²) < 4.78 is 5.22. The fourth-order valence-corrected chi connectivity index (χ4v) is 1.73. The Labute approximate surface area is 110 Å². The van der Waals surface area contributed by atoms with Gasteiger partial charge in [0.15, 0.2) is 0 Å². The number of hydrogen-bond donors (Lipinski definition) is 2. The normalized spacial score (nSPS) is 14.6. The number of nitrogens with zero attached hydrogens (tertiary/aromatic N) is 2. The second-order valence-corrected chi connectivity index (χ2v) is 3.77.